The number of amides is 1. The lowest BCUT2D eigenvalue weighted by Crippen LogP contribution is -2.12. The van der Waals surface area contributed by atoms with E-state index in [2.05, 4.69) is 15.4 Å². The molecule has 1 N–H and O–H groups in total. The fraction of sp³-hybridized carbons (Fsp3) is 0.235. The van der Waals surface area contributed by atoms with E-state index in [1.165, 1.54) is 23.7 Å². The third kappa shape index (κ3) is 3.93. The Morgan fingerprint density at radius 2 is 2.00 bits per heavy atom. The van der Waals surface area contributed by atoms with Crippen LogP contribution < -0.4 is 5.32 Å². The molecule has 0 fully saturated rings. The molecule has 0 saturated carbocycles. The average molecular weight is 364 g/mol. The van der Waals surface area contributed by atoms with Gasteiger partial charge in [0.15, 0.2) is 11.5 Å². The minimum Gasteiger partial charge on any atom is -0.454 e. The second-order valence-corrected chi connectivity index (χ2v) is 5.76. The summed E-state index contributed by atoms with van der Waals surface area (Å²) < 4.78 is 44.7. The molecule has 3 aromatic rings. The maximum atomic E-state index is 12.7. The van der Waals surface area contributed by atoms with Gasteiger partial charge in [0.05, 0.1) is 6.54 Å². The second-order valence-electron chi connectivity index (χ2n) is 5.76. The van der Waals surface area contributed by atoms with Gasteiger partial charge in [0.2, 0.25) is 0 Å². The zero-order valence-corrected chi connectivity index (χ0v) is 14.0. The van der Waals surface area contributed by atoms with Crippen molar-refractivity contribution in [3.8, 4) is 0 Å². The van der Waals surface area contributed by atoms with Crippen LogP contribution in [0.4, 0.5) is 19.0 Å². The van der Waals surface area contributed by atoms with E-state index in [4.69, 9.17) is 4.42 Å². The third-order valence-corrected chi connectivity index (χ3v) is 3.62. The first-order valence-electron chi connectivity index (χ1n) is 7.67. The Balaban J connectivity index is 1.72. The summed E-state index contributed by atoms with van der Waals surface area (Å²) in [7, 11) is 0. The number of aryl methyl sites for hydroxylation is 2. The molecule has 0 saturated heterocycles. The molecule has 6 nitrogen and oxygen atoms in total. The number of pyridine rings is 1. The van der Waals surface area contributed by atoms with Crippen molar-refractivity contribution in [2.75, 3.05) is 5.32 Å². The van der Waals surface area contributed by atoms with Gasteiger partial charge in [-0.15, -0.1) is 0 Å². The van der Waals surface area contributed by atoms with Gasteiger partial charge in [-0.2, -0.15) is 18.3 Å². The second kappa shape index (κ2) is 6.66. The largest absolute Gasteiger partial charge is 0.454 e. The molecule has 0 radical (unpaired) electrons. The Morgan fingerprint density at radius 3 is 2.65 bits per heavy atom. The van der Waals surface area contributed by atoms with Crippen molar-refractivity contribution >= 4 is 11.7 Å². The minimum absolute atomic E-state index is 0.0160. The molecule has 0 spiro atoms. The van der Waals surface area contributed by atoms with Gasteiger partial charge in [-0.1, -0.05) is 0 Å². The molecule has 0 aliphatic rings. The number of furan rings is 1. The first kappa shape index (κ1) is 17.7. The highest BCUT2D eigenvalue weighted by Gasteiger charge is 2.34. The molecule has 0 unspecified atom stereocenters. The van der Waals surface area contributed by atoms with Gasteiger partial charge >= 0.3 is 6.18 Å². The minimum atomic E-state index is -4.51. The number of nitrogens with zero attached hydrogens (tertiary/aromatic N) is 3. The standard InChI is InChI=1S/C17H15F3N4O2/c1-10-5-6-21-15(7-10)22-16(25)13-4-3-12(26-13)9-24-11(2)8-14(23-24)17(18,19)20/h3-8H,9H2,1-2H3,(H,21,22,25). The van der Waals surface area contributed by atoms with E-state index >= 15 is 0 Å². The number of nitrogens with one attached hydrogen (secondary N) is 1. The number of carbonyl (C=O) groups is 1. The highest BCUT2D eigenvalue weighted by atomic mass is 19.4. The number of hydrogen-bond donors (Lipinski definition) is 1. The summed E-state index contributed by atoms with van der Waals surface area (Å²) in [6, 6.07) is 7.42. The van der Waals surface area contributed by atoms with E-state index in [1.54, 1.807) is 18.3 Å². The first-order valence-corrected chi connectivity index (χ1v) is 7.67. The van der Waals surface area contributed by atoms with Crippen molar-refractivity contribution in [1.29, 1.82) is 0 Å². The smallest absolute Gasteiger partial charge is 0.435 e. The molecule has 3 rings (SSSR count). The van der Waals surface area contributed by atoms with Crippen molar-refractivity contribution in [2.24, 2.45) is 0 Å². The van der Waals surface area contributed by atoms with Crippen LogP contribution >= 0.6 is 0 Å². The fourth-order valence-corrected chi connectivity index (χ4v) is 2.32. The van der Waals surface area contributed by atoms with Crippen molar-refractivity contribution < 1.29 is 22.4 Å². The molecule has 0 aromatic carbocycles. The van der Waals surface area contributed by atoms with Gasteiger partial charge < -0.3 is 9.73 Å². The molecule has 1 amide bonds. The van der Waals surface area contributed by atoms with E-state index in [0.717, 1.165) is 11.6 Å². The number of rotatable bonds is 4. The molecule has 0 aliphatic carbocycles. The van der Waals surface area contributed by atoms with Crippen LogP contribution in [0, 0.1) is 13.8 Å². The summed E-state index contributed by atoms with van der Waals surface area (Å²) in [6.07, 6.45) is -2.94. The summed E-state index contributed by atoms with van der Waals surface area (Å²) in [4.78, 5) is 16.2. The van der Waals surface area contributed by atoms with Crippen molar-refractivity contribution in [3.05, 3.63) is 65.0 Å². The Labute approximate surface area is 146 Å². The zero-order valence-electron chi connectivity index (χ0n) is 14.0. The molecule has 0 atom stereocenters. The summed E-state index contributed by atoms with van der Waals surface area (Å²) in [5.41, 5.74) is 0.304. The first-order chi connectivity index (χ1) is 12.2. The lowest BCUT2D eigenvalue weighted by molar-refractivity contribution is -0.141. The maximum Gasteiger partial charge on any atom is 0.435 e. The van der Waals surface area contributed by atoms with Crippen LogP contribution in [0.2, 0.25) is 0 Å². The van der Waals surface area contributed by atoms with E-state index in [1.807, 2.05) is 6.92 Å². The van der Waals surface area contributed by atoms with Gasteiger partial charge in [0.25, 0.3) is 5.91 Å². The third-order valence-electron chi connectivity index (χ3n) is 3.62. The maximum absolute atomic E-state index is 12.7. The summed E-state index contributed by atoms with van der Waals surface area (Å²) in [5.74, 6) is 0.227. The average Bonchev–Trinajstić information content (AvgIpc) is 3.15. The molecule has 9 heteroatoms. The Hall–Kier alpha value is -3.10. The number of anilines is 1. The molecular formula is C17H15F3N4O2. The van der Waals surface area contributed by atoms with Crippen LogP contribution in [0.5, 0.6) is 0 Å². The highest BCUT2D eigenvalue weighted by Crippen LogP contribution is 2.28. The number of hydrogen-bond acceptors (Lipinski definition) is 4. The van der Waals surface area contributed by atoms with E-state index in [9.17, 15) is 18.0 Å². The fourth-order valence-electron chi connectivity index (χ4n) is 2.32. The molecule has 26 heavy (non-hydrogen) atoms. The monoisotopic (exact) mass is 364 g/mol. The van der Waals surface area contributed by atoms with Gasteiger partial charge in [-0.05, 0) is 49.7 Å². The molecule has 0 bridgehead atoms. The van der Waals surface area contributed by atoms with Crippen molar-refractivity contribution in [2.45, 2.75) is 26.6 Å². The quantitative estimate of drug-likeness (QED) is 0.764. The molecule has 3 aromatic heterocycles. The van der Waals surface area contributed by atoms with Gasteiger partial charge in [-0.3, -0.25) is 9.48 Å². The number of carbonyl (C=O) groups excluding carboxylic acids is 1. The predicted molar refractivity (Wildman–Crippen MR) is 86.7 cm³/mol. The van der Waals surface area contributed by atoms with Crippen LogP contribution in [0.15, 0.2) is 40.9 Å². The van der Waals surface area contributed by atoms with Crippen LogP contribution in [0.25, 0.3) is 0 Å². The van der Waals surface area contributed by atoms with Crippen LogP contribution in [-0.4, -0.2) is 20.7 Å². The van der Waals surface area contributed by atoms with E-state index < -0.39 is 17.8 Å². The van der Waals surface area contributed by atoms with Gasteiger partial charge in [0, 0.05) is 11.9 Å². The van der Waals surface area contributed by atoms with Gasteiger partial charge in [0.1, 0.15) is 11.6 Å². The lowest BCUT2D eigenvalue weighted by atomic mass is 10.3. The Bertz CT molecular complexity index is 944. The normalized spacial score (nSPS) is 11.6. The molecule has 3 heterocycles. The number of alkyl halides is 3. The van der Waals surface area contributed by atoms with E-state index in [-0.39, 0.29) is 12.3 Å². The van der Waals surface area contributed by atoms with Crippen LogP contribution in [-0.2, 0) is 12.7 Å². The summed E-state index contributed by atoms with van der Waals surface area (Å²) in [6.45, 7) is 3.37. The highest BCUT2D eigenvalue weighted by molar-refractivity contribution is 6.01. The number of halogens is 3. The Morgan fingerprint density at radius 1 is 1.23 bits per heavy atom. The van der Waals surface area contributed by atoms with Gasteiger partial charge in [-0.25, -0.2) is 4.98 Å². The van der Waals surface area contributed by atoms with E-state index in [0.29, 0.717) is 17.3 Å². The van der Waals surface area contributed by atoms with Crippen molar-refractivity contribution in [1.82, 2.24) is 14.8 Å². The molecule has 136 valence electrons. The number of aromatic nitrogens is 3. The topological polar surface area (TPSA) is 73.0 Å². The summed E-state index contributed by atoms with van der Waals surface area (Å²) in [5, 5.41) is 6.13. The lowest BCUT2D eigenvalue weighted by Gasteiger charge is -2.04. The Kier molecular flexibility index (Phi) is 4.54. The van der Waals surface area contributed by atoms with Crippen molar-refractivity contribution in [3.63, 3.8) is 0 Å². The molecular weight excluding hydrogens is 349 g/mol. The van der Waals surface area contributed by atoms with Crippen LogP contribution in [0.3, 0.4) is 0 Å². The predicted octanol–water partition coefficient (Wildman–Crippen LogP) is 3.81. The zero-order chi connectivity index (χ0) is 18.9. The molecule has 0 aliphatic heterocycles. The van der Waals surface area contributed by atoms with Crippen LogP contribution in [0.1, 0.15) is 33.3 Å². The SMILES string of the molecule is Cc1ccnc(NC(=O)c2ccc(Cn3nc(C(F)(F)F)cc3C)o2)c1. The summed E-state index contributed by atoms with van der Waals surface area (Å²) >= 11 is 0.